The Bertz CT molecular complexity index is 25.5. The van der Waals surface area contributed by atoms with Crippen molar-refractivity contribution in [1.82, 2.24) is 0 Å². The van der Waals surface area contributed by atoms with Crippen molar-refractivity contribution in [2.45, 2.75) is 0 Å². The molecule has 0 aromatic carbocycles. The van der Waals surface area contributed by atoms with Gasteiger partial charge in [-0.1, -0.05) is 6.58 Å². The Labute approximate surface area is 37.4 Å². The maximum atomic E-state index is 7.12. The van der Waals surface area contributed by atoms with Gasteiger partial charge in [-0.15, -0.1) is 0 Å². The van der Waals surface area contributed by atoms with E-state index in [1.54, 1.807) is 0 Å². The molecule has 4 N–H and O–H groups in total. The number of rotatable bonds is 0. The van der Waals surface area contributed by atoms with Gasteiger partial charge in [-0.25, -0.2) is 0 Å². The number of hydrogen-bond donors (Lipinski definition) is 3. The molecule has 0 aromatic heterocycles. The Kier molecular flexibility index (Phi) is 36.7. The SMILES string of the molecule is C=CN.OBO. The molecular formula is C2H8BNO2. The van der Waals surface area contributed by atoms with Gasteiger partial charge in [0.15, 0.2) is 0 Å². The molecule has 0 radical (unpaired) electrons. The van der Waals surface area contributed by atoms with E-state index in [2.05, 4.69) is 12.3 Å². The summed E-state index contributed by atoms with van der Waals surface area (Å²) < 4.78 is 0. The molecule has 36 valence electrons. The summed E-state index contributed by atoms with van der Waals surface area (Å²) in [5.41, 5.74) is 4.61. The van der Waals surface area contributed by atoms with Crippen LogP contribution in [0.4, 0.5) is 0 Å². The first-order valence-electron chi connectivity index (χ1n) is 1.37. The smallest absolute Gasteiger partial charge is 0.430 e. The van der Waals surface area contributed by atoms with Gasteiger partial charge in [-0.3, -0.25) is 0 Å². The molecule has 0 aliphatic rings. The molecule has 0 aliphatic heterocycles. The van der Waals surface area contributed by atoms with Crippen LogP contribution in [0.25, 0.3) is 0 Å². The molecule has 0 atom stereocenters. The average molecular weight is 88.9 g/mol. The van der Waals surface area contributed by atoms with Crippen molar-refractivity contribution >= 4 is 7.69 Å². The van der Waals surface area contributed by atoms with Crippen LogP contribution in [-0.4, -0.2) is 17.7 Å². The van der Waals surface area contributed by atoms with E-state index in [1.807, 2.05) is 0 Å². The summed E-state index contributed by atoms with van der Waals surface area (Å²) >= 11 is 0. The van der Waals surface area contributed by atoms with Crippen molar-refractivity contribution in [3.8, 4) is 0 Å². The summed E-state index contributed by atoms with van der Waals surface area (Å²) in [5.74, 6) is 0. The summed E-state index contributed by atoms with van der Waals surface area (Å²) in [5, 5.41) is 14.2. The van der Waals surface area contributed by atoms with E-state index in [9.17, 15) is 0 Å². The third kappa shape index (κ3) is 99.6. The molecule has 0 aromatic rings. The highest BCUT2D eigenvalue weighted by Gasteiger charge is 1.48. The third-order valence-corrected chi connectivity index (χ3v) is 0. The van der Waals surface area contributed by atoms with Crippen LogP contribution in [0.2, 0.25) is 0 Å². The van der Waals surface area contributed by atoms with Gasteiger partial charge in [-0.05, 0) is 6.20 Å². The molecule has 4 heteroatoms. The first kappa shape index (κ1) is 9.10. The predicted molar refractivity (Wildman–Crippen MR) is 26.0 cm³/mol. The Morgan fingerprint density at radius 1 is 1.67 bits per heavy atom. The minimum absolute atomic E-state index is 0.750. The summed E-state index contributed by atoms with van der Waals surface area (Å²) in [4.78, 5) is 0. The van der Waals surface area contributed by atoms with Gasteiger partial charge in [0.1, 0.15) is 0 Å². The fraction of sp³-hybridized carbons (Fsp3) is 0. The lowest BCUT2D eigenvalue weighted by Gasteiger charge is -1.48. The molecule has 6 heavy (non-hydrogen) atoms. The van der Waals surface area contributed by atoms with Crippen molar-refractivity contribution in [3.63, 3.8) is 0 Å². The molecule has 0 saturated heterocycles. The summed E-state index contributed by atoms with van der Waals surface area (Å²) in [6, 6.07) is 0. The molecular weight excluding hydrogens is 80.8 g/mol. The molecule has 0 rings (SSSR count). The van der Waals surface area contributed by atoms with Crippen LogP contribution in [0.3, 0.4) is 0 Å². The maximum Gasteiger partial charge on any atom is 0.432 e. The highest BCUT2D eigenvalue weighted by Crippen LogP contribution is 1.13. The van der Waals surface area contributed by atoms with Crippen molar-refractivity contribution in [2.75, 3.05) is 0 Å². The van der Waals surface area contributed by atoms with E-state index in [-0.39, 0.29) is 0 Å². The van der Waals surface area contributed by atoms with Gasteiger partial charge in [0, 0.05) is 0 Å². The zero-order chi connectivity index (χ0) is 5.41. The molecule has 0 aliphatic carbocycles. The highest BCUT2D eigenvalue weighted by atomic mass is 16.4. The third-order valence-electron chi connectivity index (χ3n) is 0. The molecule has 0 fully saturated rings. The molecule has 0 heterocycles. The molecule has 0 spiro atoms. The summed E-state index contributed by atoms with van der Waals surface area (Å²) in [6.07, 6.45) is 1.25. The number of hydrogen-bond acceptors (Lipinski definition) is 3. The van der Waals surface area contributed by atoms with Crippen LogP contribution < -0.4 is 5.73 Å². The zero-order valence-corrected chi connectivity index (χ0v) is 3.46. The van der Waals surface area contributed by atoms with Crippen molar-refractivity contribution in [2.24, 2.45) is 5.73 Å². The Morgan fingerprint density at radius 3 is 1.67 bits per heavy atom. The number of nitrogens with two attached hydrogens (primary N) is 1. The maximum absolute atomic E-state index is 7.12. The van der Waals surface area contributed by atoms with Crippen LogP contribution in [-0.2, 0) is 0 Å². The minimum atomic E-state index is -0.750. The van der Waals surface area contributed by atoms with Gasteiger partial charge in [0.2, 0.25) is 0 Å². The normalized spacial score (nSPS) is 4.33. The van der Waals surface area contributed by atoms with E-state index >= 15 is 0 Å². The largest absolute Gasteiger partial charge is 0.432 e. The molecule has 0 amide bonds. The first-order valence-corrected chi connectivity index (χ1v) is 1.37. The van der Waals surface area contributed by atoms with E-state index < -0.39 is 7.69 Å². The van der Waals surface area contributed by atoms with E-state index in [1.165, 1.54) is 6.20 Å². The Hall–Kier alpha value is -0.475. The van der Waals surface area contributed by atoms with Gasteiger partial charge in [0.25, 0.3) is 0 Å². The standard InChI is InChI=1S/C2H5N.BH3O2/c1-2-3;2-1-3/h2H,1,3H2;1-3H. The minimum Gasteiger partial charge on any atom is -0.430 e. The van der Waals surface area contributed by atoms with Crippen molar-refractivity contribution < 1.29 is 10.0 Å². The van der Waals surface area contributed by atoms with E-state index in [0.717, 1.165) is 0 Å². The van der Waals surface area contributed by atoms with Gasteiger partial charge in [-0.2, -0.15) is 0 Å². The molecule has 0 bridgehead atoms. The topological polar surface area (TPSA) is 66.5 Å². The lowest BCUT2D eigenvalue weighted by molar-refractivity contribution is 0.448. The van der Waals surface area contributed by atoms with Gasteiger partial charge in [0.05, 0.1) is 0 Å². The second kappa shape index (κ2) is 24.2. The zero-order valence-electron chi connectivity index (χ0n) is 3.46. The van der Waals surface area contributed by atoms with Crippen molar-refractivity contribution in [3.05, 3.63) is 12.8 Å². The Morgan fingerprint density at radius 2 is 1.67 bits per heavy atom. The highest BCUT2D eigenvalue weighted by molar-refractivity contribution is 6.13. The van der Waals surface area contributed by atoms with Crippen LogP contribution in [0.15, 0.2) is 12.8 Å². The van der Waals surface area contributed by atoms with Gasteiger partial charge < -0.3 is 15.8 Å². The Balaban J connectivity index is 0. The lowest BCUT2D eigenvalue weighted by atomic mass is 10.5. The summed E-state index contributed by atoms with van der Waals surface area (Å²) in [6.45, 7) is 3.14. The lowest BCUT2D eigenvalue weighted by Crippen LogP contribution is -1.75. The second-order valence-electron chi connectivity index (χ2n) is 0.377. The molecule has 3 nitrogen and oxygen atoms in total. The van der Waals surface area contributed by atoms with Crippen LogP contribution in [0, 0.1) is 0 Å². The van der Waals surface area contributed by atoms with E-state index in [0.29, 0.717) is 0 Å². The van der Waals surface area contributed by atoms with Crippen LogP contribution in [0.1, 0.15) is 0 Å². The molecule has 0 saturated carbocycles. The van der Waals surface area contributed by atoms with Crippen LogP contribution in [0.5, 0.6) is 0 Å². The summed E-state index contributed by atoms with van der Waals surface area (Å²) in [7, 11) is -0.750. The van der Waals surface area contributed by atoms with Crippen LogP contribution >= 0.6 is 0 Å². The molecule has 0 unspecified atom stereocenters. The average Bonchev–Trinajstić information content (AvgIpc) is 1.39. The fourth-order valence-corrected chi connectivity index (χ4v) is 0. The predicted octanol–water partition coefficient (Wildman–Crippen LogP) is -1.67. The monoisotopic (exact) mass is 89.1 g/mol. The van der Waals surface area contributed by atoms with Crippen molar-refractivity contribution in [1.29, 1.82) is 0 Å². The van der Waals surface area contributed by atoms with E-state index in [4.69, 9.17) is 10.0 Å². The second-order valence-corrected chi connectivity index (χ2v) is 0.377. The van der Waals surface area contributed by atoms with Gasteiger partial charge >= 0.3 is 7.69 Å². The first-order chi connectivity index (χ1) is 2.83. The fourth-order valence-electron chi connectivity index (χ4n) is 0. The quantitative estimate of drug-likeness (QED) is 0.311.